The minimum Gasteiger partial charge on any atom is -0.465 e. The van der Waals surface area contributed by atoms with Gasteiger partial charge in [-0.1, -0.05) is 41.4 Å². The zero-order chi connectivity index (χ0) is 27.9. The van der Waals surface area contributed by atoms with Crippen LogP contribution in [-0.2, 0) is 26.4 Å². The number of hydrogen-bond acceptors (Lipinski definition) is 5. The molecular formula is C29H21Cl2FN4O4. The van der Waals surface area contributed by atoms with Crippen molar-refractivity contribution in [3.05, 3.63) is 93.0 Å². The van der Waals surface area contributed by atoms with Crippen LogP contribution in [-0.4, -0.2) is 45.9 Å². The minimum absolute atomic E-state index is 0.0875. The van der Waals surface area contributed by atoms with Crippen LogP contribution in [0.5, 0.6) is 0 Å². The maximum atomic E-state index is 15.9. The molecule has 1 spiro atoms. The van der Waals surface area contributed by atoms with Crippen molar-refractivity contribution in [3.8, 4) is 0 Å². The fourth-order valence-electron chi connectivity index (χ4n) is 7.06. The molecule has 1 saturated heterocycles. The molecule has 0 saturated carbocycles. The lowest BCUT2D eigenvalue weighted by Crippen LogP contribution is -2.51. The summed E-state index contributed by atoms with van der Waals surface area (Å²) in [5.41, 5.74) is 1.32. The van der Waals surface area contributed by atoms with Gasteiger partial charge in [0.05, 0.1) is 28.7 Å². The Bertz CT molecular complexity index is 1770. The first kappa shape index (κ1) is 25.0. The first-order chi connectivity index (χ1) is 19.3. The number of anilines is 1. The van der Waals surface area contributed by atoms with Gasteiger partial charge in [0.2, 0.25) is 6.41 Å². The Morgan fingerprint density at radius 1 is 1.20 bits per heavy atom. The van der Waals surface area contributed by atoms with Crippen LogP contribution in [0.3, 0.4) is 0 Å². The fourth-order valence-corrected chi connectivity index (χ4v) is 7.41. The number of carbonyl (C=O) groups excluding carboxylic acids is 3. The van der Waals surface area contributed by atoms with E-state index in [0.29, 0.717) is 52.6 Å². The maximum absolute atomic E-state index is 15.9. The van der Waals surface area contributed by atoms with Crippen LogP contribution in [0.25, 0.3) is 11.0 Å². The lowest BCUT2D eigenvalue weighted by atomic mass is 9.70. The molecule has 8 nitrogen and oxygen atoms in total. The number of ether oxygens (including phenoxy) is 1. The molecule has 4 aromatic rings. The number of aromatic nitrogens is 2. The fraction of sp³-hybridized carbons (Fsp3) is 0.241. The number of benzene rings is 3. The van der Waals surface area contributed by atoms with E-state index in [1.807, 2.05) is 4.57 Å². The highest BCUT2D eigenvalue weighted by atomic mass is 35.5. The van der Waals surface area contributed by atoms with E-state index in [-0.39, 0.29) is 10.6 Å². The summed E-state index contributed by atoms with van der Waals surface area (Å²) in [4.78, 5) is 45.7. The third-order valence-corrected chi connectivity index (χ3v) is 9.08. The van der Waals surface area contributed by atoms with Crippen LogP contribution in [0.1, 0.15) is 45.6 Å². The molecule has 3 aliphatic heterocycles. The van der Waals surface area contributed by atoms with Gasteiger partial charge in [-0.2, -0.15) is 0 Å². The number of fused-ring (bicyclic) bond motifs is 7. The summed E-state index contributed by atoms with van der Waals surface area (Å²) < 4.78 is 22.8. The SMILES string of the molecule is COC(=O)c1ccc2c(c1)nc1n2CC[C@H]2[C@@H]1[C@H](c1cccc(Cl)c1F)[C@]1(C(=O)Nc3cc(Cl)ccc31)N2C=O. The zero-order valence-corrected chi connectivity index (χ0v) is 22.5. The molecule has 0 radical (unpaired) electrons. The summed E-state index contributed by atoms with van der Waals surface area (Å²) in [6.07, 6.45) is 1.17. The molecule has 3 aliphatic rings. The number of nitrogens with one attached hydrogen (secondary N) is 1. The third-order valence-electron chi connectivity index (χ3n) is 8.55. The molecule has 40 heavy (non-hydrogen) atoms. The highest BCUT2D eigenvalue weighted by Crippen LogP contribution is 2.63. The Morgan fingerprint density at radius 3 is 2.80 bits per heavy atom. The number of likely N-dealkylation sites (tertiary alicyclic amines) is 1. The number of nitrogens with zero attached hydrogens (tertiary/aromatic N) is 3. The Labute approximate surface area is 237 Å². The molecule has 4 heterocycles. The first-order valence-electron chi connectivity index (χ1n) is 12.7. The van der Waals surface area contributed by atoms with Gasteiger partial charge in [-0.05, 0) is 48.4 Å². The van der Waals surface area contributed by atoms with Crippen LogP contribution in [0.2, 0.25) is 10.0 Å². The van der Waals surface area contributed by atoms with Gasteiger partial charge in [0.1, 0.15) is 11.6 Å². The molecule has 1 aromatic heterocycles. The van der Waals surface area contributed by atoms with Crippen molar-refractivity contribution in [2.45, 2.75) is 36.4 Å². The molecule has 0 aliphatic carbocycles. The van der Waals surface area contributed by atoms with Crippen molar-refractivity contribution in [1.82, 2.24) is 14.5 Å². The highest BCUT2D eigenvalue weighted by Gasteiger charge is 2.68. The molecule has 11 heteroatoms. The van der Waals surface area contributed by atoms with E-state index in [1.54, 1.807) is 48.5 Å². The van der Waals surface area contributed by atoms with E-state index in [1.165, 1.54) is 18.1 Å². The number of esters is 1. The predicted molar refractivity (Wildman–Crippen MR) is 146 cm³/mol. The molecule has 202 valence electrons. The third kappa shape index (κ3) is 3.13. The van der Waals surface area contributed by atoms with Crippen molar-refractivity contribution in [2.75, 3.05) is 12.4 Å². The topological polar surface area (TPSA) is 93.5 Å². The predicted octanol–water partition coefficient (Wildman–Crippen LogP) is 5.23. The summed E-state index contributed by atoms with van der Waals surface area (Å²) in [7, 11) is 1.31. The van der Waals surface area contributed by atoms with Gasteiger partial charge < -0.3 is 19.5 Å². The van der Waals surface area contributed by atoms with E-state index in [0.717, 1.165) is 5.52 Å². The van der Waals surface area contributed by atoms with E-state index < -0.39 is 41.1 Å². The summed E-state index contributed by atoms with van der Waals surface area (Å²) >= 11 is 12.5. The number of rotatable bonds is 3. The van der Waals surface area contributed by atoms with Crippen molar-refractivity contribution in [2.24, 2.45) is 0 Å². The van der Waals surface area contributed by atoms with Gasteiger partial charge in [0.25, 0.3) is 5.91 Å². The van der Waals surface area contributed by atoms with Crippen molar-refractivity contribution < 1.29 is 23.5 Å². The number of aryl methyl sites for hydroxylation is 1. The molecule has 1 N–H and O–H groups in total. The molecule has 4 atom stereocenters. The van der Waals surface area contributed by atoms with Crippen LogP contribution in [0.4, 0.5) is 10.1 Å². The largest absolute Gasteiger partial charge is 0.465 e. The van der Waals surface area contributed by atoms with Gasteiger partial charge in [0, 0.05) is 40.7 Å². The molecule has 7 rings (SSSR count). The van der Waals surface area contributed by atoms with Crippen molar-refractivity contribution in [3.63, 3.8) is 0 Å². The van der Waals surface area contributed by atoms with Crippen LogP contribution >= 0.6 is 23.2 Å². The Balaban J connectivity index is 1.53. The van der Waals surface area contributed by atoms with E-state index in [2.05, 4.69) is 5.32 Å². The minimum atomic E-state index is -1.58. The number of imidazole rings is 1. The molecule has 0 unspecified atom stereocenters. The lowest BCUT2D eigenvalue weighted by molar-refractivity contribution is -0.137. The molecule has 3 aromatic carbocycles. The summed E-state index contributed by atoms with van der Waals surface area (Å²) in [6.45, 7) is 0.505. The molecule has 1 fully saturated rings. The summed E-state index contributed by atoms with van der Waals surface area (Å²) in [5.74, 6) is -2.46. The lowest BCUT2D eigenvalue weighted by Gasteiger charge is -2.37. The second kappa shape index (κ2) is 8.78. The zero-order valence-electron chi connectivity index (χ0n) is 21.0. The Morgan fingerprint density at radius 2 is 2.02 bits per heavy atom. The average molecular weight is 579 g/mol. The molecular weight excluding hydrogens is 558 g/mol. The van der Waals surface area contributed by atoms with Crippen molar-refractivity contribution >= 4 is 58.2 Å². The van der Waals surface area contributed by atoms with Gasteiger partial charge >= 0.3 is 5.97 Å². The molecule has 2 amide bonds. The maximum Gasteiger partial charge on any atom is 0.337 e. The first-order valence-corrected chi connectivity index (χ1v) is 13.4. The number of carbonyl (C=O) groups is 3. The van der Waals surface area contributed by atoms with E-state index in [4.69, 9.17) is 32.9 Å². The highest BCUT2D eigenvalue weighted by molar-refractivity contribution is 6.31. The standard InChI is InChI=1S/C29H21Cl2FN4O4/c1-40-27(38)14-5-8-21-20(11-14)33-26-23-22(9-10-35(21)26)36(13-37)29(24(23)16-3-2-4-18(31)25(16)32)17-7-6-15(30)12-19(17)34-28(29)39/h2-8,11-13,22-24H,9-10H2,1H3,(H,34,39)/t22-,23+,24-,29+/m0/s1. The van der Waals surface area contributed by atoms with Gasteiger partial charge in [-0.15, -0.1) is 0 Å². The van der Waals surface area contributed by atoms with Crippen molar-refractivity contribution in [1.29, 1.82) is 0 Å². The quantitative estimate of drug-likeness (QED) is 0.265. The number of hydrogen-bond donors (Lipinski definition) is 1. The van der Waals surface area contributed by atoms with E-state index in [9.17, 15) is 14.4 Å². The van der Waals surface area contributed by atoms with Gasteiger partial charge in [-0.25, -0.2) is 14.2 Å². The van der Waals surface area contributed by atoms with Crippen LogP contribution in [0.15, 0.2) is 54.6 Å². The summed E-state index contributed by atoms with van der Waals surface area (Å²) in [5, 5.41) is 3.22. The average Bonchev–Trinajstić information content (AvgIpc) is 3.56. The van der Waals surface area contributed by atoms with Gasteiger partial charge in [-0.3, -0.25) is 9.59 Å². The summed E-state index contributed by atoms with van der Waals surface area (Å²) in [6, 6.07) is 14.3. The van der Waals surface area contributed by atoms with Crippen LogP contribution < -0.4 is 5.32 Å². The van der Waals surface area contributed by atoms with Crippen LogP contribution in [0, 0.1) is 5.82 Å². The second-order valence-electron chi connectivity index (χ2n) is 10.2. The number of methoxy groups -OCH3 is 1. The van der Waals surface area contributed by atoms with Gasteiger partial charge in [0.15, 0.2) is 5.54 Å². The smallest absolute Gasteiger partial charge is 0.337 e. The monoisotopic (exact) mass is 578 g/mol. The second-order valence-corrected chi connectivity index (χ2v) is 11.1. The number of amides is 2. The number of halogens is 3. The Hall–Kier alpha value is -3.95. The van der Waals surface area contributed by atoms with E-state index >= 15 is 4.39 Å². The Kier molecular flexibility index (Phi) is 5.49. The molecule has 0 bridgehead atoms. The normalized spacial score (nSPS) is 24.6.